The van der Waals surface area contributed by atoms with Crippen LogP contribution in [0.4, 0.5) is 0 Å². The molecule has 3 N–H and O–H groups in total. The molecule has 0 unspecified atom stereocenters. The zero-order valence-corrected chi connectivity index (χ0v) is 9.11. The van der Waals surface area contributed by atoms with Crippen molar-refractivity contribution >= 4 is 22.1 Å². The molecule has 1 saturated carbocycles. The Balaban J connectivity index is 2.96. The standard InChI is InChI=1S/C8H12O7S/c9-6(10)5-1-3-8(4-2-5,7(11)12)16(13,14)15/h5H,1-4H2,(H,9,10)(H,11,12)(H,13,14,15). The number of carbonyl (C=O) groups is 2. The molecule has 0 aromatic rings. The van der Waals surface area contributed by atoms with Gasteiger partial charge in [0, 0.05) is 0 Å². The van der Waals surface area contributed by atoms with E-state index in [9.17, 15) is 18.0 Å². The molecule has 0 heterocycles. The van der Waals surface area contributed by atoms with Gasteiger partial charge in [-0.05, 0) is 25.7 Å². The van der Waals surface area contributed by atoms with Gasteiger partial charge in [0.1, 0.15) is 0 Å². The number of hydrogen-bond donors (Lipinski definition) is 3. The van der Waals surface area contributed by atoms with Crippen LogP contribution in [0.2, 0.25) is 0 Å². The lowest BCUT2D eigenvalue weighted by molar-refractivity contribution is -0.147. The van der Waals surface area contributed by atoms with Crippen LogP contribution in [0, 0.1) is 5.92 Å². The van der Waals surface area contributed by atoms with Gasteiger partial charge in [0.15, 0.2) is 4.75 Å². The van der Waals surface area contributed by atoms with Crippen LogP contribution < -0.4 is 0 Å². The van der Waals surface area contributed by atoms with Crippen LogP contribution in [-0.2, 0) is 19.7 Å². The monoisotopic (exact) mass is 252 g/mol. The molecule has 1 aliphatic carbocycles. The molecule has 92 valence electrons. The fourth-order valence-electron chi connectivity index (χ4n) is 1.91. The van der Waals surface area contributed by atoms with Crippen LogP contribution in [0.3, 0.4) is 0 Å². The van der Waals surface area contributed by atoms with Gasteiger partial charge in [0.2, 0.25) is 0 Å². The van der Waals surface area contributed by atoms with E-state index in [2.05, 4.69) is 0 Å². The van der Waals surface area contributed by atoms with Gasteiger partial charge in [-0.15, -0.1) is 0 Å². The molecule has 1 fully saturated rings. The Bertz CT molecular complexity index is 402. The summed E-state index contributed by atoms with van der Waals surface area (Å²) >= 11 is 0. The summed E-state index contributed by atoms with van der Waals surface area (Å²) in [5.41, 5.74) is 0. The quantitative estimate of drug-likeness (QED) is 0.601. The third kappa shape index (κ3) is 2.03. The lowest BCUT2D eigenvalue weighted by Gasteiger charge is -2.32. The molecule has 0 atom stereocenters. The number of aliphatic carboxylic acids is 2. The molecule has 0 saturated heterocycles. The van der Waals surface area contributed by atoms with E-state index in [-0.39, 0.29) is 25.7 Å². The molecule has 0 aromatic heterocycles. The van der Waals surface area contributed by atoms with Crippen LogP contribution in [0.5, 0.6) is 0 Å². The third-order valence-corrected chi connectivity index (χ3v) is 4.60. The second-order valence-electron chi connectivity index (χ2n) is 3.89. The molecule has 1 aliphatic rings. The van der Waals surface area contributed by atoms with E-state index < -0.39 is 32.7 Å². The first-order valence-electron chi connectivity index (χ1n) is 4.64. The first kappa shape index (κ1) is 12.9. The van der Waals surface area contributed by atoms with Crippen molar-refractivity contribution in [1.29, 1.82) is 0 Å². The Morgan fingerprint density at radius 1 is 1.12 bits per heavy atom. The van der Waals surface area contributed by atoms with Crippen LogP contribution in [0.25, 0.3) is 0 Å². The molecule has 7 nitrogen and oxygen atoms in total. The first-order chi connectivity index (χ1) is 7.21. The second kappa shape index (κ2) is 4.02. The highest BCUT2D eigenvalue weighted by molar-refractivity contribution is 7.88. The van der Waals surface area contributed by atoms with Crippen molar-refractivity contribution in [2.75, 3.05) is 0 Å². The van der Waals surface area contributed by atoms with E-state index in [1.165, 1.54) is 0 Å². The van der Waals surface area contributed by atoms with Crippen molar-refractivity contribution in [3.05, 3.63) is 0 Å². The SMILES string of the molecule is O=C(O)C1CCC(C(=O)O)(S(=O)(=O)O)CC1. The zero-order valence-electron chi connectivity index (χ0n) is 8.29. The van der Waals surface area contributed by atoms with Crippen molar-refractivity contribution in [1.82, 2.24) is 0 Å². The van der Waals surface area contributed by atoms with Gasteiger partial charge in [0.05, 0.1) is 5.92 Å². The summed E-state index contributed by atoms with van der Waals surface area (Å²) < 4.78 is 28.8. The number of carboxylic acids is 2. The van der Waals surface area contributed by atoms with Crippen molar-refractivity contribution in [2.45, 2.75) is 30.4 Å². The summed E-state index contributed by atoms with van der Waals surface area (Å²) in [6.07, 6.45) is -0.890. The van der Waals surface area contributed by atoms with Crippen LogP contribution in [-0.4, -0.2) is 39.9 Å². The molecular weight excluding hydrogens is 240 g/mol. The smallest absolute Gasteiger partial charge is 0.327 e. The third-order valence-electron chi connectivity index (χ3n) is 3.03. The number of hydrogen-bond acceptors (Lipinski definition) is 4. The highest BCUT2D eigenvalue weighted by atomic mass is 32.2. The molecule has 1 rings (SSSR count). The Morgan fingerprint density at radius 2 is 1.56 bits per heavy atom. The highest BCUT2D eigenvalue weighted by Gasteiger charge is 2.53. The van der Waals surface area contributed by atoms with Crippen LogP contribution in [0.1, 0.15) is 25.7 Å². The lowest BCUT2D eigenvalue weighted by Crippen LogP contribution is -2.49. The minimum Gasteiger partial charge on any atom is -0.481 e. The lowest BCUT2D eigenvalue weighted by atomic mass is 9.81. The fraction of sp³-hybridized carbons (Fsp3) is 0.750. The summed E-state index contributed by atoms with van der Waals surface area (Å²) in [7, 11) is -4.73. The zero-order chi connectivity index (χ0) is 12.6. The van der Waals surface area contributed by atoms with Gasteiger partial charge < -0.3 is 10.2 Å². The Labute approximate surface area is 91.8 Å². The topological polar surface area (TPSA) is 129 Å². The molecule has 16 heavy (non-hydrogen) atoms. The van der Waals surface area contributed by atoms with Crippen molar-refractivity contribution < 1.29 is 32.8 Å². The van der Waals surface area contributed by atoms with Crippen molar-refractivity contribution in [3.63, 3.8) is 0 Å². The fourth-order valence-corrected chi connectivity index (χ4v) is 2.89. The molecule has 0 aromatic carbocycles. The minimum atomic E-state index is -4.73. The molecule has 0 spiro atoms. The largest absolute Gasteiger partial charge is 0.481 e. The maximum atomic E-state index is 11.1. The Kier molecular flexibility index (Phi) is 3.25. The maximum Gasteiger partial charge on any atom is 0.327 e. The average Bonchev–Trinajstić information content (AvgIpc) is 2.15. The van der Waals surface area contributed by atoms with E-state index in [1.54, 1.807) is 0 Å². The normalized spacial score (nSPS) is 30.9. The summed E-state index contributed by atoms with van der Waals surface area (Å²) in [6.45, 7) is 0. The van der Waals surface area contributed by atoms with Gasteiger partial charge >= 0.3 is 11.9 Å². The first-order valence-corrected chi connectivity index (χ1v) is 6.08. The maximum absolute atomic E-state index is 11.1. The highest BCUT2D eigenvalue weighted by Crippen LogP contribution is 2.37. The van der Waals surface area contributed by atoms with E-state index >= 15 is 0 Å². The molecule has 8 heteroatoms. The van der Waals surface area contributed by atoms with Crippen LogP contribution in [0.15, 0.2) is 0 Å². The molecule has 0 amide bonds. The Hall–Kier alpha value is -1.15. The van der Waals surface area contributed by atoms with E-state index in [4.69, 9.17) is 14.8 Å². The molecule has 0 aliphatic heterocycles. The molecule has 0 bridgehead atoms. The minimum absolute atomic E-state index is 0.0680. The number of rotatable bonds is 3. The van der Waals surface area contributed by atoms with Crippen molar-refractivity contribution in [2.24, 2.45) is 5.92 Å². The van der Waals surface area contributed by atoms with E-state index in [0.717, 1.165) is 0 Å². The Morgan fingerprint density at radius 3 is 1.81 bits per heavy atom. The van der Waals surface area contributed by atoms with Gasteiger partial charge in [-0.25, -0.2) is 0 Å². The predicted molar refractivity (Wildman–Crippen MR) is 51.5 cm³/mol. The van der Waals surface area contributed by atoms with E-state index in [0.29, 0.717) is 0 Å². The van der Waals surface area contributed by atoms with Gasteiger partial charge in [0.25, 0.3) is 10.1 Å². The summed E-state index contributed by atoms with van der Waals surface area (Å²) in [5, 5.41) is 17.6. The summed E-state index contributed by atoms with van der Waals surface area (Å²) in [4.78, 5) is 21.5. The van der Waals surface area contributed by atoms with Crippen LogP contribution >= 0.6 is 0 Å². The predicted octanol–water partition coefficient (Wildman–Crippen LogP) is -0.0276. The summed E-state index contributed by atoms with van der Waals surface area (Å²) in [6, 6.07) is 0. The van der Waals surface area contributed by atoms with Gasteiger partial charge in [-0.1, -0.05) is 0 Å². The molecule has 0 radical (unpaired) electrons. The summed E-state index contributed by atoms with van der Waals surface area (Å²) in [5.74, 6) is -3.44. The average molecular weight is 252 g/mol. The van der Waals surface area contributed by atoms with E-state index in [1.807, 2.05) is 0 Å². The van der Waals surface area contributed by atoms with Crippen molar-refractivity contribution in [3.8, 4) is 0 Å². The molecular formula is C8H12O7S. The van der Waals surface area contributed by atoms with Gasteiger partial charge in [-0.3, -0.25) is 14.1 Å². The second-order valence-corrected chi connectivity index (χ2v) is 5.62. The van der Waals surface area contributed by atoms with Gasteiger partial charge in [-0.2, -0.15) is 8.42 Å². The number of carboxylic acid groups (broad SMARTS) is 2.